The van der Waals surface area contributed by atoms with Gasteiger partial charge in [0.05, 0.1) is 7.11 Å². The maximum Gasteiger partial charge on any atom is 0.413 e. The Bertz CT molecular complexity index is 336. The van der Waals surface area contributed by atoms with Crippen LogP contribution in [0.2, 0.25) is 0 Å². The van der Waals surface area contributed by atoms with E-state index < -0.39 is 29.9 Å². The maximum atomic E-state index is 12.2. The fraction of sp³-hybridized carbons (Fsp3) is 0.846. The average Bonchev–Trinajstić information content (AvgIpc) is 2.34. The molecule has 6 heteroatoms. The van der Waals surface area contributed by atoms with Gasteiger partial charge in [-0.15, -0.1) is 0 Å². The number of likely N-dealkylation sites (tertiary alicyclic amines) is 1. The second-order valence-corrected chi connectivity index (χ2v) is 5.55. The van der Waals surface area contributed by atoms with Crippen molar-refractivity contribution in [2.45, 2.75) is 57.9 Å². The lowest BCUT2D eigenvalue weighted by Crippen LogP contribution is -2.55. The van der Waals surface area contributed by atoms with E-state index in [0.29, 0.717) is 12.8 Å². The van der Waals surface area contributed by atoms with E-state index in [0.717, 1.165) is 6.42 Å². The molecule has 19 heavy (non-hydrogen) atoms. The van der Waals surface area contributed by atoms with Gasteiger partial charge in [0.25, 0.3) is 0 Å². The van der Waals surface area contributed by atoms with E-state index in [1.165, 1.54) is 19.1 Å². The normalized spacial score (nSPS) is 23.9. The predicted octanol–water partition coefficient (Wildman–Crippen LogP) is 1.92. The molecule has 1 amide bonds. The van der Waals surface area contributed by atoms with Gasteiger partial charge in [0.1, 0.15) is 17.9 Å². The van der Waals surface area contributed by atoms with Crippen molar-refractivity contribution in [1.82, 2.24) is 4.90 Å². The van der Waals surface area contributed by atoms with Crippen LogP contribution >= 0.6 is 0 Å². The van der Waals surface area contributed by atoms with Gasteiger partial charge in [-0.25, -0.2) is 9.59 Å². The molecule has 1 unspecified atom stereocenters. The number of piperidine rings is 1. The monoisotopic (exact) mass is 273 g/mol. The van der Waals surface area contributed by atoms with Crippen LogP contribution in [0, 0.1) is 0 Å². The zero-order chi connectivity index (χ0) is 14.6. The highest BCUT2D eigenvalue weighted by atomic mass is 16.6. The lowest BCUT2D eigenvalue weighted by atomic mass is 10.0. The van der Waals surface area contributed by atoms with Crippen LogP contribution in [0.25, 0.3) is 0 Å². The fourth-order valence-corrected chi connectivity index (χ4v) is 2.12. The number of hydrogen-bond donors (Lipinski definition) is 0. The molecule has 0 aliphatic carbocycles. The Morgan fingerprint density at radius 3 is 2.26 bits per heavy atom. The lowest BCUT2D eigenvalue weighted by molar-refractivity contribution is -0.156. The van der Waals surface area contributed by atoms with Crippen molar-refractivity contribution in [3.05, 3.63) is 0 Å². The van der Waals surface area contributed by atoms with E-state index in [4.69, 9.17) is 14.2 Å². The van der Waals surface area contributed by atoms with E-state index in [1.807, 2.05) is 0 Å². The maximum absolute atomic E-state index is 12.2. The Balaban J connectivity index is 2.91. The number of carbonyl (C=O) groups is 2. The summed E-state index contributed by atoms with van der Waals surface area (Å²) >= 11 is 0. The minimum absolute atomic E-state index is 0.437. The van der Waals surface area contributed by atoms with Crippen molar-refractivity contribution in [2.75, 3.05) is 14.2 Å². The van der Waals surface area contributed by atoms with Crippen molar-refractivity contribution in [3.8, 4) is 0 Å². The number of hydrogen-bond acceptors (Lipinski definition) is 5. The highest BCUT2D eigenvalue weighted by molar-refractivity contribution is 5.81. The number of carbonyl (C=O) groups excluding carboxylic acids is 2. The summed E-state index contributed by atoms with van der Waals surface area (Å²) in [5.74, 6) is -0.437. The van der Waals surface area contributed by atoms with Gasteiger partial charge in [0.2, 0.25) is 0 Å². The fourth-order valence-electron chi connectivity index (χ4n) is 2.12. The molecule has 0 aromatic rings. The summed E-state index contributed by atoms with van der Waals surface area (Å²) in [6, 6.07) is -0.640. The van der Waals surface area contributed by atoms with E-state index in [2.05, 4.69) is 0 Å². The Kier molecular flexibility index (Phi) is 5.17. The SMILES string of the molecule is COC(=O)C1CCC[C@@H](OC)N1C(=O)OC(C)(C)C. The molecule has 0 bridgehead atoms. The molecule has 2 atom stereocenters. The molecule has 1 aliphatic rings. The van der Waals surface area contributed by atoms with Crippen molar-refractivity contribution in [3.63, 3.8) is 0 Å². The summed E-state index contributed by atoms with van der Waals surface area (Å²) in [7, 11) is 2.83. The molecule has 110 valence electrons. The lowest BCUT2D eigenvalue weighted by Gasteiger charge is -2.39. The van der Waals surface area contributed by atoms with Crippen LogP contribution in [0.4, 0.5) is 4.79 Å². The molecule has 1 fully saturated rings. The highest BCUT2D eigenvalue weighted by Gasteiger charge is 2.41. The summed E-state index contributed by atoms with van der Waals surface area (Å²) in [5, 5.41) is 0. The Morgan fingerprint density at radius 1 is 1.16 bits per heavy atom. The summed E-state index contributed by atoms with van der Waals surface area (Å²) < 4.78 is 15.4. The molecule has 6 nitrogen and oxygen atoms in total. The van der Waals surface area contributed by atoms with Crippen molar-refractivity contribution in [1.29, 1.82) is 0 Å². The Labute approximate surface area is 114 Å². The molecular weight excluding hydrogens is 250 g/mol. The predicted molar refractivity (Wildman–Crippen MR) is 68.5 cm³/mol. The minimum atomic E-state index is -0.640. The van der Waals surface area contributed by atoms with Gasteiger partial charge in [0.15, 0.2) is 0 Å². The number of rotatable bonds is 2. The summed E-state index contributed by atoms with van der Waals surface area (Å²) in [6.45, 7) is 5.34. The first-order valence-corrected chi connectivity index (χ1v) is 6.42. The largest absolute Gasteiger partial charge is 0.467 e. The van der Waals surface area contributed by atoms with E-state index >= 15 is 0 Å². The quantitative estimate of drug-likeness (QED) is 0.719. The minimum Gasteiger partial charge on any atom is -0.467 e. The van der Waals surface area contributed by atoms with Crippen LogP contribution in [-0.4, -0.2) is 49.1 Å². The molecule has 0 aromatic carbocycles. The molecule has 0 aromatic heterocycles. The van der Waals surface area contributed by atoms with Gasteiger partial charge in [-0.1, -0.05) is 0 Å². The molecule has 0 radical (unpaired) electrons. The van der Waals surface area contributed by atoms with Crippen LogP contribution < -0.4 is 0 Å². The van der Waals surface area contributed by atoms with E-state index in [1.54, 1.807) is 20.8 Å². The summed E-state index contributed by atoms with van der Waals surface area (Å²) in [6.07, 6.45) is 1.05. The zero-order valence-corrected chi connectivity index (χ0v) is 12.3. The molecular formula is C13H23NO5. The molecule has 1 saturated heterocycles. The first-order chi connectivity index (χ1) is 8.80. The molecule has 1 heterocycles. The number of nitrogens with zero attached hydrogens (tertiary/aromatic N) is 1. The van der Waals surface area contributed by atoms with E-state index in [9.17, 15) is 9.59 Å². The van der Waals surface area contributed by atoms with Gasteiger partial charge in [0, 0.05) is 7.11 Å². The second-order valence-electron chi connectivity index (χ2n) is 5.55. The third-order valence-corrected chi connectivity index (χ3v) is 2.92. The van der Waals surface area contributed by atoms with Crippen LogP contribution in [-0.2, 0) is 19.0 Å². The summed E-state index contributed by atoms with van der Waals surface area (Å²) in [5.41, 5.74) is -0.618. The van der Waals surface area contributed by atoms with Gasteiger partial charge < -0.3 is 14.2 Å². The highest BCUT2D eigenvalue weighted by Crippen LogP contribution is 2.26. The third-order valence-electron chi connectivity index (χ3n) is 2.92. The molecule has 0 spiro atoms. The van der Waals surface area contributed by atoms with Gasteiger partial charge in [-0.3, -0.25) is 4.90 Å². The van der Waals surface area contributed by atoms with Crippen LogP contribution in [0.15, 0.2) is 0 Å². The van der Waals surface area contributed by atoms with Crippen LogP contribution in [0.1, 0.15) is 40.0 Å². The van der Waals surface area contributed by atoms with Crippen LogP contribution in [0.3, 0.4) is 0 Å². The third kappa shape index (κ3) is 4.09. The second kappa shape index (κ2) is 6.23. The molecule has 1 aliphatic heterocycles. The number of ether oxygens (including phenoxy) is 3. The topological polar surface area (TPSA) is 65.1 Å². The van der Waals surface area contributed by atoms with Gasteiger partial charge >= 0.3 is 12.1 Å². The summed E-state index contributed by atoms with van der Waals surface area (Å²) in [4.78, 5) is 25.4. The van der Waals surface area contributed by atoms with Crippen molar-refractivity contribution >= 4 is 12.1 Å². The molecule has 1 rings (SSSR count). The van der Waals surface area contributed by atoms with Gasteiger partial charge in [-0.05, 0) is 40.0 Å². The van der Waals surface area contributed by atoms with E-state index in [-0.39, 0.29) is 0 Å². The van der Waals surface area contributed by atoms with Gasteiger partial charge in [-0.2, -0.15) is 0 Å². The Morgan fingerprint density at radius 2 is 1.79 bits per heavy atom. The number of esters is 1. The Hall–Kier alpha value is -1.30. The standard InChI is InChI=1S/C13H23NO5/c1-13(2,3)19-12(16)14-9(11(15)18-5)7-6-8-10(14)17-4/h9-10H,6-8H2,1-5H3/t9?,10-/m1/s1. The smallest absolute Gasteiger partial charge is 0.413 e. The molecule has 0 saturated carbocycles. The average molecular weight is 273 g/mol. The zero-order valence-electron chi connectivity index (χ0n) is 12.3. The first-order valence-electron chi connectivity index (χ1n) is 6.42. The van der Waals surface area contributed by atoms with Crippen molar-refractivity contribution in [2.24, 2.45) is 0 Å². The number of amides is 1. The van der Waals surface area contributed by atoms with Crippen molar-refractivity contribution < 1.29 is 23.8 Å². The molecule has 0 N–H and O–H groups in total. The number of methoxy groups -OCH3 is 2. The van der Waals surface area contributed by atoms with Crippen LogP contribution in [0.5, 0.6) is 0 Å². The first kappa shape index (κ1) is 15.8.